The summed E-state index contributed by atoms with van der Waals surface area (Å²) in [6.07, 6.45) is 0. The van der Waals surface area contributed by atoms with Crippen molar-refractivity contribution in [1.82, 2.24) is 15.2 Å². The molecule has 32 heavy (non-hydrogen) atoms. The number of nitrogens with two attached hydrogens (primary N) is 1. The van der Waals surface area contributed by atoms with E-state index in [9.17, 15) is 24.3 Å². The van der Waals surface area contributed by atoms with Gasteiger partial charge in [-0.15, -0.1) is 23.1 Å². The molecule has 0 saturated carbocycles. The Morgan fingerprint density at radius 1 is 1.47 bits per heavy atom. The van der Waals surface area contributed by atoms with Crippen molar-refractivity contribution < 1.29 is 33.9 Å². The van der Waals surface area contributed by atoms with Crippen LogP contribution in [0.3, 0.4) is 0 Å². The number of nitrogen functional groups attached to an aromatic ring is 1. The minimum atomic E-state index is -1.34. The lowest BCUT2D eigenvalue weighted by Crippen LogP contribution is -2.71. The number of amides is 2. The highest BCUT2D eigenvalue weighted by molar-refractivity contribution is 8.00. The highest BCUT2D eigenvalue weighted by Crippen LogP contribution is 2.40. The molecule has 0 spiro atoms. The molecule has 12 nitrogen and oxygen atoms in total. The van der Waals surface area contributed by atoms with E-state index in [2.05, 4.69) is 22.0 Å². The number of carboxylic acid groups (broad SMARTS) is 1. The molecule has 170 valence electrons. The zero-order chi connectivity index (χ0) is 23.6. The number of thiazole rings is 1. The molecule has 4 N–H and O–H groups in total. The molecule has 0 bridgehead atoms. The SMILES string of the molecule is C=C(C)C(=O)OCC1=C(C(=O)O)N2C(=O)[C@@H](NC(=O)C(=NOC)c3csc(N)n3)[C@H]2SC1. The Bertz CT molecular complexity index is 1060. The predicted octanol–water partition coefficient (Wildman–Crippen LogP) is -0.0663. The third-order valence-electron chi connectivity index (χ3n) is 4.42. The molecule has 0 aliphatic carbocycles. The molecule has 2 aliphatic rings. The Balaban J connectivity index is 1.76. The van der Waals surface area contributed by atoms with Crippen molar-refractivity contribution in [3.05, 3.63) is 34.5 Å². The molecule has 1 aromatic heterocycles. The van der Waals surface area contributed by atoms with Gasteiger partial charge >= 0.3 is 11.9 Å². The molecule has 2 aliphatic heterocycles. The molecule has 2 amide bonds. The minimum Gasteiger partial charge on any atom is -0.477 e. The molecular weight excluding hydrogens is 462 g/mol. The number of nitrogens with one attached hydrogen (secondary N) is 1. The van der Waals surface area contributed by atoms with Gasteiger partial charge in [0, 0.05) is 22.3 Å². The second-order valence-electron chi connectivity index (χ2n) is 6.67. The highest BCUT2D eigenvalue weighted by atomic mass is 32.2. The Morgan fingerprint density at radius 3 is 2.75 bits per heavy atom. The van der Waals surface area contributed by atoms with E-state index < -0.39 is 35.2 Å². The van der Waals surface area contributed by atoms with E-state index in [0.29, 0.717) is 0 Å². The number of hydrogen-bond donors (Lipinski definition) is 3. The van der Waals surface area contributed by atoms with Crippen LogP contribution < -0.4 is 11.1 Å². The molecule has 1 aromatic rings. The second kappa shape index (κ2) is 9.40. The van der Waals surface area contributed by atoms with Crippen LogP contribution in [-0.2, 0) is 28.8 Å². The number of esters is 1. The molecule has 14 heteroatoms. The van der Waals surface area contributed by atoms with Crippen molar-refractivity contribution >= 4 is 57.7 Å². The fourth-order valence-corrected chi connectivity index (χ4v) is 4.85. The second-order valence-corrected chi connectivity index (χ2v) is 8.66. The van der Waals surface area contributed by atoms with Crippen molar-refractivity contribution in [1.29, 1.82) is 0 Å². The lowest BCUT2D eigenvalue weighted by molar-refractivity contribution is -0.150. The van der Waals surface area contributed by atoms with Crippen molar-refractivity contribution in [2.24, 2.45) is 5.16 Å². The van der Waals surface area contributed by atoms with Gasteiger partial charge in [-0.3, -0.25) is 14.5 Å². The summed E-state index contributed by atoms with van der Waals surface area (Å²) >= 11 is 2.34. The number of fused-ring (bicyclic) bond motifs is 1. The van der Waals surface area contributed by atoms with Gasteiger partial charge in [-0.2, -0.15) is 0 Å². The van der Waals surface area contributed by atoms with E-state index >= 15 is 0 Å². The van der Waals surface area contributed by atoms with E-state index in [4.69, 9.17) is 15.3 Å². The summed E-state index contributed by atoms with van der Waals surface area (Å²) < 4.78 is 5.04. The van der Waals surface area contributed by atoms with E-state index in [-0.39, 0.29) is 45.7 Å². The fourth-order valence-electron chi connectivity index (χ4n) is 2.97. The number of anilines is 1. The first kappa shape index (κ1) is 23.3. The summed E-state index contributed by atoms with van der Waals surface area (Å²) in [7, 11) is 1.25. The number of oxime groups is 1. The molecule has 1 saturated heterocycles. The Morgan fingerprint density at radius 2 is 2.19 bits per heavy atom. The highest BCUT2D eigenvalue weighted by Gasteiger charge is 2.54. The van der Waals surface area contributed by atoms with Crippen LogP contribution in [0.15, 0.2) is 34.0 Å². The van der Waals surface area contributed by atoms with Crippen LogP contribution >= 0.6 is 23.1 Å². The fraction of sp³-hybridized carbons (Fsp3) is 0.333. The summed E-state index contributed by atoms with van der Waals surface area (Å²) in [6, 6.07) is -0.987. The van der Waals surface area contributed by atoms with Crippen LogP contribution in [0.2, 0.25) is 0 Å². The normalized spacial score (nSPS) is 20.2. The number of carbonyl (C=O) groups excluding carboxylic acids is 3. The molecule has 1 fully saturated rings. The Labute approximate surface area is 190 Å². The first-order valence-corrected chi connectivity index (χ1v) is 10.9. The predicted molar refractivity (Wildman–Crippen MR) is 116 cm³/mol. The molecule has 0 radical (unpaired) electrons. The van der Waals surface area contributed by atoms with Gasteiger partial charge in [-0.25, -0.2) is 14.6 Å². The largest absolute Gasteiger partial charge is 0.477 e. The van der Waals surface area contributed by atoms with Crippen LogP contribution in [0, 0.1) is 0 Å². The average molecular weight is 482 g/mol. The number of aliphatic carboxylic acids is 1. The number of hydrogen-bond acceptors (Lipinski definition) is 11. The first-order chi connectivity index (χ1) is 15.1. The summed E-state index contributed by atoms with van der Waals surface area (Å²) in [4.78, 5) is 58.7. The maximum absolute atomic E-state index is 12.7. The topological polar surface area (TPSA) is 174 Å². The number of carboxylic acids is 1. The molecule has 0 unspecified atom stereocenters. The van der Waals surface area contributed by atoms with Gasteiger partial charge in [0.1, 0.15) is 36.5 Å². The van der Waals surface area contributed by atoms with Crippen LogP contribution in [0.25, 0.3) is 0 Å². The zero-order valence-electron chi connectivity index (χ0n) is 17.0. The van der Waals surface area contributed by atoms with E-state index in [1.165, 1.54) is 31.2 Å². The number of thioether (sulfide) groups is 1. The number of rotatable bonds is 8. The van der Waals surface area contributed by atoms with E-state index in [1.54, 1.807) is 0 Å². The van der Waals surface area contributed by atoms with Gasteiger partial charge in [-0.05, 0) is 6.92 Å². The smallest absolute Gasteiger partial charge is 0.352 e. The van der Waals surface area contributed by atoms with Gasteiger partial charge in [0.25, 0.3) is 11.8 Å². The molecular formula is C18H19N5O7S2. The quantitative estimate of drug-likeness (QED) is 0.150. The number of carbonyl (C=O) groups is 4. The minimum absolute atomic E-state index is 0.169. The number of aromatic nitrogens is 1. The third kappa shape index (κ3) is 4.45. The summed E-state index contributed by atoms with van der Waals surface area (Å²) in [5, 5.41) is 16.9. The third-order valence-corrected chi connectivity index (χ3v) is 6.44. The number of ether oxygens (including phenoxy) is 1. The summed E-state index contributed by atoms with van der Waals surface area (Å²) in [5.74, 6) is -3.16. The molecule has 3 heterocycles. The van der Waals surface area contributed by atoms with Crippen LogP contribution in [0.1, 0.15) is 12.6 Å². The van der Waals surface area contributed by atoms with Gasteiger partial charge in [0.05, 0.1) is 0 Å². The lowest BCUT2D eigenvalue weighted by atomic mass is 10.0. The number of β-lactam (4-membered cyclic amide) rings is 1. The Hall–Kier alpha value is -3.39. The molecule has 3 rings (SSSR count). The maximum atomic E-state index is 12.7. The average Bonchev–Trinajstić information content (AvgIpc) is 3.18. The Kier molecular flexibility index (Phi) is 6.84. The van der Waals surface area contributed by atoms with Gasteiger partial charge in [-0.1, -0.05) is 11.7 Å². The van der Waals surface area contributed by atoms with Crippen molar-refractivity contribution in [3.63, 3.8) is 0 Å². The molecule has 2 atom stereocenters. The van der Waals surface area contributed by atoms with Crippen LogP contribution in [0.4, 0.5) is 5.13 Å². The zero-order valence-corrected chi connectivity index (χ0v) is 18.6. The van der Waals surface area contributed by atoms with Crippen molar-refractivity contribution in [2.75, 3.05) is 25.2 Å². The van der Waals surface area contributed by atoms with E-state index in [0.717, 1.165) is 16.2 Å². The monoisotopic (exact) mass is 481 g/mol. The first-order valence-electron chi connectivity index (χ1n) is 9.01. The standard InChI is InChI=1S/C18H19N5O7S2/c1-7(2)17(28)30-4-8-5-31-15-11(14(25)23(15)12(8)16(26)27)21-13(24)10(22-29-3)9-6-32-18(19)20-9/h6,11,15H,1,4-5H2,2-3H3,(H2,19,20)(H,21,24)(H,26,27)/t11-,15-/m1/s1. The maximum Gasteiger partial charge on any atom is 0.352 e. The van der Waals surface area contributed by atoms with Crippen LogP contribution in [0.5, 0.6) is 0 Å². The van der Waals surface area contributed by atoms with Gasteiger partial charge in [0.2, 0.25) is 0 Å². The van der Waals surface area contributed by atoms with Gasteiger partial charge < -0.3 is 25.7 Å². The number of nitrogens with zero attached hydrogens (tertiary/aromatic N) is 3. The van der Waals surface area contributed by atoms with Crippen molar-refractivity contribution in [2.45, 2.75) is 18.3 Å². The summed E-state index contributed by atoms with van der Waals surface area (Å²) in [6.45, 7) is 4.64. The van der Waals surface area contributed by atoms with Crippen molar-refractivity contribution in [3.8, 4) is 0 Å². The van der Waals surface area contributed by atoms with Crippen LogP contribution in [-0.4, -0.2) is 75.3 Å². The molecule has 0 aromatic carbocycles. The summed E-state index contributed by atoms with van der Waals surface area (Å²) in [5.41, 5.74) is 5.78. The van der Waals surface area contributed by atoms with E-state index in [1.807, 2.05) is 0 Å². The lowest BCUT2D eigenvalue weighted by Gasteiger charge is -2.49. The van der Waals surface area contributed by atoms with Gasteiger partial charge in [0.15, 0.2) is 10.8 Å².